The fraction of sp³-hybridized carbons (Fsp3) is 0.500. The lowest BCUT2D eigenvalue weighted by molar-refractivity contribution is -0.152. The molecule has 4 atom stereocenters. The molecule has 1 fully saturated rings. The zero-order valence-corrected chi connectivity index (χ0v) is 25.2. The lowest BCUT2D eigenvalue weighted by Gasteiger charge is -2.42. The van der Waals surface area contributed by atoms with Crippen LogP contribution in [0.2, 0.25) is 0 Å². The van der Waals surface area contributed by atoms with Crippen LogP contribution in [0.15, 0.2) is 33.3 Å². The average Bonchev–Trinajstić information content (AvgIpc) is 3.58. The number of carbonyl (C=O) groups is 3. The SMILES string of the molecule is C[C@H]1[C@H](NC(=O)/C(=N\O[C@@H](COc2ccc3c(c2)CN(C(N)=NCCCN)C3)C(=O)O)C2CSC(N)=N2)C(=O)N1S(=O)(=O)O. The number of carboxylic acid groups (broad SMARTS) is 1. The summed E-state index contributed by atoms with van der Waals surface area (Å²) in [4.78, 5) is 52.8. The Bertz CT molecular complexity index is 1500. The number of aliphatic imine (C=N–C) groups is 2. The molecule has 0 spiro atoms. The predicted molar refractivity (Wildman–Crippen MR) is 159 cm³/mol. The van der Waals surface area contributed by atoms with Crippen LogP contribution in [0.5, 0.6) is 5.75 Å². The lowest BCUT2D eigenvalue weighted by Crippen LogP contribution is -2.71. The molecule has 44 heavy (non-hydrogen) atoms. The maximum Gasteiger partial charge on any atom is 0.362 e. The smallest absolute Gasteiger partial charge is 0.362 e. The van der Waals surface area contributed by atoms with Gasteiger partial charge in [0, 0.05) is 25.4 Å². The van der Waals surface area contributed by atoms with Gasteiger partial charge in [0.05, 0.1) is 6.04 Å². The Kier molecular flexibility index (Phi) is 10.2. The van der Waals surface area contributed by atoms with Crippen molar-refractivity contribution in [3.8, 4) is 5.75 Å². The Morgan fingerprint density at radius 3 is 2.64 bits per heavy atom. The topological polar surface area (TPSA) is 278 Å². The highest BCUT2D eigenvalue weighted by molar-refractivity contribution is 8.14. The number of guanidine groups is 1. The van der Waals surface area contributed by atoms with E-state index in [0.717, 1.165) is 29.3 Å². The molecule has 2 amide bonds. The molecule has 0 aromatic heterocycles. The fourth-order valence-electron chi connectivity index (χ4n) is 4.55. The molecule has 1 aromatic carbocycles. The summed E-state index contributed by atoms with van der Waals surface area (Å²) in [5, 5.41) is 16.0. The fourth-order valence-corrected chi connectivity index (χ4v) is 6.20. The molecule has 0 bridgehead atoms. The van der Waals surface area contributed by atoms with Crippen molar-refractivity contribution < 1.29 is 42.0 Å². The number of hydrogen-bond donors (Lipinski definition) is 6. The molecule has 18 nitrogen and oxygen atoms in total. The van der Waals surface area contributed by atoms with Gasteiger partial charge in [-0.05, 0) is 43.1 Å². The van der Waals surface area contributed by atoms with Gasteiger partial charge in [-0.2, -0.15) is 8.42 Å². The maximum absolute atomic E-state index is 13.1. The predicted octanol–water partition coefficient (Wildman–Crippen LogP) is -2.18. The Morgan fingerprint density at radius 2 is 2.02 bits per heavy atom. The second-order valence-corrected chi connectivity index (χ2v) is 12.3. The number of β-lactam (4-membered cyclic amide) rings is 1. The largest absolute Gasteiger partial charge is 0.489 e. The highest BCUT2D eigenvalue weighted by Crippen LogP contribution is 2.27. The number of fused-ring (bicyclic) bond motifs is 1. The van der Waals surface area contributed by atoms with E-state index in [2.05, 4.69) is 20.5 Å². The van der Waals surface area contributed by atoms with Gasteiger partial charge >= 0.3 is 16.3 Å². The van der Waals surface area contributed by atoms with E-state index in [1.165, 1.54) is 6.92 Å². The van der Waals surface area contributed by atoms with Crippen molar-refractivity contribution in [2.24, 2.45) is 32.3 Å². The molecule has 240 valence electrons. The summed E-state index contributed by atoms with van der Waals surface area (Å²) >= 11 is 1.12. The average molecular weight is 656 g/mol. The van der Waals surface area contributed by atoms with Crippen LogP contribution in [0.3, 0.4) is 0 Å². The molecule has 0 saturated carbocycles. The Balaban J connectivity index is 1.41. The van der Waals surface area contributed by atoms with Crippen molar-refractivity contribution in [3.63, 3.8) is 0 Å². The van der Waals surface area contributed by atoms with E-state index in [1.807, 2.05) is 11.0 Å². The summed E-state index contributed by atoms with van der Waals surface area (Å²) in [6, 6.07) is 1.93. The van der Waals surface area contributed by atoms with Crippen LogP contribution in [-0.4, -0.2) is 112 Å². The number of nitrogens with zero attached hydrogens (tertiary/aromatic N) is 5. The van der Waals surface area contributed by atoms with E-state index in [9.17, 15) is 32.5 Å². The first kappa shape index (κ1) is 32.8. The van der Waals surface area contributed by atoms with Crippen molar-refractivity contribution in [2.75, 3.05) is 25.4 Å². The van der Waals surface area contributed by atoms with Gasteiger partial charge in [0.1, 0.15) is 24.4 Å². The summed E-state index contributed by atoms with van der Waals surface area (Å²) in [5.74, 6) is -2.52. The Morgan fingerprint density at radius 1 is 1.30 bits per heavy atom. The zero-order chi connectivity index (χ0) is 32.2. The first-order chi connectivity index (χ1) is 20.8. The third-order valence-electron chi connectivity index (χ3n) is 6.91. The number of aliphatic carboxylic acids is 1. The number of nitrogens with two attached hydrogens (primary N) is 3. The Hall–Kier alpha value is -4.14. The molecule has 3 heterocycles. The highest BCUT2D eigenvalue weighted by Gasteiger charge is 2.52. The van der Waals surface area contributed by atoms with Crippen molar-refractivity contribution in [2.45, 2.75) is 50.7 Å². The van der Waals surface area contributed by atoms with Gasteiger partial charge in [-0.3, -0.25) is 24.1 Å². The normalized spacial score (nSPS) is 22.7. The molecule has 20 heteroatoms. The number of amidine groups is 1. The molecule has 0 aliphatic carbocycles. The summed E-state index contributed by atoms with van der Waals surface area (Å²) in [7, 11) is -4.81. The van der Waals surface area contributed by atoms with Gasteiger partial charge in [-0.15, -0.1) is 0 Å². The van der Waals surface area contributed by atoms with Crippen LogP contribution >= 0.6 is 11.8 Å². The molecule has 9 N–H and O–H groups in total. The number of nitrogens with one attached hydrogen (secondary N) is 1. The quantitative estimate of drug-likeness (QED) is 0.0329. The summed E-state index contributed by atoms with van der Waals surface area (Å²) < 4.78 is 37.8. The van der Waals surface area contributed by atoms with Crippen molar-refractivity contribution in [1.29, 1.82) is 0 Å². The minimum Gasteiger partial charge on any atom is -0.489 e. The van der Waals surface area contributed by atoms with Crippen LogP contribution < -0.4 is 27.3 Å². The maximum atomic E-state index is 13.1. The van der Waals surface area contributed by atoms with E-state index < -0.39 is 64.6 Å². The second-order valence-electron chi connectivity index (χ2n) is 9.99. The lowest BCUT2D eigenvalue weighted by atomic mass is 10.0. The van der Waals surface area contributed by atoms with Crippen molar-refractivity contribution >= 4 is 56.7 Å². The number of oxime groups is 1. The molecule has 3 aliphatic heterocycles. The number of carboxylic acids is 1. The number of thioether (sulfide) groups is 1. The number of amides is 2. The molecule has 1 saturated heterocycles. The van der Waals surface area contributed by atoms with Gasteiger partial charge < -0.3 is 42.1 Å². The van der Waals surface area contributed by atoms with Gasteiger partial charge in [-0.25, -0.2) is 9.10 Å². The molecular weight excluding hydrogens is 622 g/mol. The van der Waals surface area contributed by atoms with Crippen molar-refractivity contribution in [3.05, 3.63) is 29.3 Å². The summed E-state index contributed by atoms with van der Waals surface area (Å²) in [6.07, 6.45) is -0.930. The van der Waals surface area contributed by atoms with Crippen LogP contribution in [-0.2, 0) is 42.6 Å². The number of rotatable bonds is 13. The standard InChI is InChI=1S/C24H33N9O9S2/c1-12-18(21(35)33(12)44(38,39)40)30-20(34)19(16-11-43-24(27)29-16)31-42-17(22(36)37)10-41-15-4-3-13-8-32(9-14(13)7-15)23(26)28-6-2-5-25/h3-4,7,12,16-18H,2,5-6,8-11,25H2,1H3,(H2,26,28)(H2,27,29)(H,30,34)(H,36,37)(H,38,39,40)/b31-19-/t12-,16?,17-,18-/m0/s1. The van der Waals surface area contributed by atoms with Crippen LogP contribution in [0.4, 0.5) is 0 Å². The van der Waals surface area contributed by atoms with Crippen LogP contribution in [0, 0.1) is 0 Å². The third kappa shape index (κ3) is 7.49. The van der Waals surface area contributed by atoms with Gasteiger partial charge in [0.25, 0.3) is 17.9 Å². The highest BCUT2D eigenvalue weighted by atomic mass is 32.2. The van der Waals surface area contributed by atoms with E-state index in [-0.39, 0.29) is 15.2 Å². The number of hydrogen-bond acceptors (Lipinski definition) is 13. The first-order valence-electron chi connectivity index (χ1n) is 13.3. The number of ether oxygens (including phenoxy) is 1. The molecule has 1 aromatic rings. The third-order valence-corrected chi connectivity index (χ3v) is 8.80. The summed E-state index contributed by atoms with van der Waals surface area (Å²) in [5.41, 5.74) is 18.8. The van der Waals surface area contributed by atoms with E-state index in [4.69, 9.17) is 26.8 Å². The van der Waals surface area contributed by atoms with Crippen molar-refractivity contribution in [1.82, 2.24) is 14.5 Å². The van der Waals surface area contributed by atoms with Gasteiger partial charge in [0.2, 0.25) is 0 Å². The molecule has 0 radical (unpaired) electrons. The summed E-state index contributed by atoms with van der Waals surface area (Å²) in [6.45, 7) is 2.90. The Labute approximate surface area is 256 Å². The molecule has 1 unspecified atom stereocenters. The van der Waals surface area contributed by atoms with Gasteiger partial charge in [0.15, 0.2) is 16.8 Å². The number of carbonyl (C=O) groups excluding carboxylic acids is 2. The minimum absolute atomic E-state index is 0.151. The number of benzene rings is 1. The first-order valence-corrected chi connectivity index (χ1v) is 15.7. The monoisotopic (exact) mass is 655 g/mol. The van der Waals surface area contributed by atoms with E-state index in [0.29, 0.717) is 37.9 Å². The van der Waals surface area contributed by atoms with E-state index in [1.54, 1.807) is 12.1 Å². The van der Waals surface area contributed by atoms with Crippen LogP contribution in [0.1, 0.15) is 24.5 Å². The molecule has 3 aliphatic rings. The van der Waals surface area contributed by atoms with Gasteiger partial charge in [-0.1, -0.05) is 23.0 Å². The van der Waals surface area contributed by atoms with E-state index >= 15 is 0 Å². The van der Waals surface area contributed by atoms with Crippen LogP contribution in [0.25, 0.3) is 0 Å². The molecule has 4 rings (SSSR count). The second kappa shape index (κ2) is 13.7. The zero-order valence-electron chi connectivity index (χ0n) is 23.5. The molecular formula is C24H33N9O9S2. The minimum atomic E-state index is -4.81.